The molecule has 0 aliphatic heterocycles. The van der Waals surface area contributed by atoms with Crippen molar-refractivity contribution in [3.05, 3.63) is 29.8 Å². The van der Waals surface area contributed by atoms with Gasteiger partial charge in [0, 0.05) is 24.8 Å². The van der Waals surface area contributed by atoms with Crippen LogP contribution in [0.15, 0.2) is 24.3 Å². The molecule has 1 rings (SSSR count). The van der Waals surface area contributed by atoms with Gasteiger partial charge in [0.25, 0.3) is 5.91 Å². The number of carbonyl (C=O) groups excluding carboxylic acids is 1. The average Bonchev–Trinajstić information content (AvgIpc) is 2.36. The maximum atomic E-state index is 12.4. The van der Waals surface area contributed by atoms with Gasteiger partial charge in [0.15, 0.2) is 0 Å². The highest BCUT2D eigenvalue weighted by atomic mass is 16.2. The number of anilines is 1. The first-order valence-electron chi connectivity index (χ1n) is 6.60. The number of nitrogens with one attached hydrogen (secondary N) is 1. The van der Waals surface area contributed by atoms with Crippen LogP contribution < -0.4 is 5.32 Å². The predicted molar refractivity (Wildman–Crippen MR) is 77.0 cm³/mol. The van der Waals surface area contributed by atoms with Gasteiger partial charge in [-0.05, 0) is 39.3 Å². The van der Waals surface area contributed by atoms with E-state index in [1.165, 1.54) is 0 Å². The van der Waals surface area contributed by atoms with Gasteiger partial charge in [-0.25, -0.2) is 0 Å². The zero-order valence-corrected chi connectivity index (χ0v) is 12.0. The summed E-state index contributed by atoms with van der Waals surface area (Å²) < 4.78 is 0. The number of hydrogen-bond donors (Lipinski definition) is 1. The van der Waals surface area contributed by atoms with Crippen LogP contribution in [0.1, 0.15) is 44.5 Å². The molecule has 1 amide bonds. The van der Waals surface area contributed by atoms with E-state index in [4.69, 9.17) is 0 Å². The number of amides is 1. The Balaban J connectivity index is 2.98. The van der Waals surface area contributed by atoms with Gasteiger partial charge in [-0.3, -0.25) is 4.79 Å². The lowest BCUT2D eigenvalue weighted by atomic mass is 10.1. The normalized spacial score (nSPS) is 12.3. The minimum Gasteiger partial charge on any atom is -0.382 e. The van der Waals surface area contributed by atoms with Crippen LogP contribution in [0.3, 0.4) is 0 Å². The van der Waals surface area contributed by atoms with Crippen LogP contribution in [-0.2, 0) is 0 Å². The number of rotatable bonds is 5. The molecule has 1 unspecified atom stereocenters. The van der Waals surface area contributed by atoms with Crippen molar-refractivity contribution in [3.8, 4) is 0 Å². The van der Waals surface area contributed by atoms with Gasteiger partial charge >= 0.3 is 0 Å². The second-order valence-corrected chi connectivity index (χ2v) is 5.02. The molecule has 0 heterocycles. The van der Waals surface area contributed by atoms with E-state index in [0.29, 0.717) is 6.04 Å². The van der Waals surface area contributed by atoms with Gasteiger partial charge in [-0.15, -0.1) is 0 Å². The van der Waals surface area contributed by atoms with E-state index in [2.05, 4.69) is 33.0 Å². The first-order chi connectivity index (χ1) is 8.47. The topological polar surface area (TPSA) is 32.3 Å². The molecule has 0 aliphatic carbocycles. The molecule has 0 bridgehead atoms. The SMILES string of the molecule is CCC(C)N(C)C(=O)c1ccccc1NC(C)C. The van der Waals surface area contributed by atoms with E-state index in [1.54, 1.807) is 4.90 Å². The maximum absolute atomic E-state index is 12.4. The minimum absolute atomic E-state index is 0.0769. The molecular formula is C15H24N2O. The number of carbonyl (C=O) groups is 1. The van der Waals surface area contributed by atoms with E-state index in [-0.39, 0.29) is 11.9 Å². The lowest BCUT2D eigenvalue weighted by Crippen LogP contribution is -2.35. The first kappa shape index (κ1) is 14.6. The van der Waals surface area contributed by atoms with Crippen LogP contribution in [0.25, 0.3) is 0 Å². The molecule has 18 heavy (non-hydrogen) atoms. The molecule has 1 aromatic rings. The first-order valence-corrected chi connectivity index (χ1v) is 6.60. The largest absolute Gasteiger partial charge is 0.382 e. The lowest BCUT2D eigenvalue weighted by molar-refractivity contribution is 0.0741. The van der Waals surface area contributed by atoms with Crippen molar-refractivity contribution in [2.45, 2.75) is 46.2 Å². The number of para-hydroxylation sites is 1. The molecule has 3 heteroatoms. The summed E-state index contributed by atoms with van der Waals surface area (Å²) in [4.78, 5) is 14.2. The summed E-state index contributed by atoms with van der Waals surface area (Å²) in [6.45, 7) is 8.29. The standard InChI is InChI=1S/C15H24N2O/c1-6-12(4)17(5)15(18)13-9-7-8-10-14(13)16-11(2)3/h7-12,16H,6H2,1-5H3. The van der Waals surface area contributed by atoms with Crippen molar-refractivity contribution in [1.29, 1.82) is 0 Å². The van der Waals surface area contributed by atoms with E-state index < -0.39 is 0 Å². The van der Waals surface area contributed by atoms with Gasteiger partial charge in [-0.1, -0.05) is 19.1 Å². The maximum Gasteiger partial charge on any atom is 0.255 e. The highest BCUT2D eigenvalue weighted by Gasteiger charge is 2.18. The summed E-state index contributed by atoms with van der Waals surface area (Å²) in [5.41, 5.74) is 1.65. The molecule has 0 radical (unpaired) electrons. The van der Waals surface area contributed by atoms with E-state index >= 15 is 0 Å². The fourth-order valence-corrected chi connectivity index (χ4v) is 1.77. The van der Waals surface area contributed by atoms with Crippen molar-refractivity contribution >= 4 is 11.6 Å². The Hall–Kier alpha value is -1.51. The molecule has 100 valence electrons. The molecule has 0 saturated carbocycles. The van der Waals surface area contributed by atoms with Crippen LogP contribution in [0, 0.1) is 0 Å². The fourth-order valence-electron chi connectivity index (χ4n) is 1.77. The Labute approximate surface area is 110 Å². The number of hydrogen-bond acceptors (Lipinski definition) is 2. The molecule has 3 nitrogen and oxygen atoms in total. The molecule has 0 aromatic heterocycles. The second-order valence-electron chi connectivity index (χ2n) is 5.02. The van der Waals surface area contributed by atoms with Gasteiger partial charge < -0.3 is 10.2 Å². The molecule has 0 aliphatic rings. The predicted octanol–water partition coefficient (Wildman–Crippen LogP) is 3.38. The summed E-state index contributed by atoms with van der Waals surface area (Å²) in [7, 11) is 1.86. The van der Waals surface area contributed by atoms with Gasteiger partial charge in [0.1, 0.15) is 0 Å². The number of benzene rings is 1. The van der Waals surface area contributed by atoms with Crippen LogP contribution in [0.5, 0.6) is 0 Å². The van der Waals surface area contributed by atoms with E-state index in [9.17, 15) is 4.79 Å². The van der Waals surface area contributed by atoms with E-state index in [0.717, 1.165) is 17.7 Å². The Bertz CT molecular complexity index is 401. The highest BCUT2D eigenvalue weighted by molar-refractivity contribution is 5.99. The van der Waals surface area contributed by atoms with Crippen LogP contribution in [0.2, 0.25) is 0 Å². The number of nitrogens with zero attached hydrogens (tertiary/aromatic N) is 1. The molecule has 1 atom stereocenters. The quantitative estimate of drug-likeness (QED) is 0.866. The van der Waals surface area contributed by atoms with Crippen molar-refractivity contribution in [2.24, 2.45) is 0 Å². The Morgan fingerprint density at radius 3 is 2.44 bits per heavy atom. The van der Waals surface area contributed by atoms with Gasteiger partial charge in [-0.2, -0.15) is 0 Å². The van der Waals surface area contributed by atoms with Crippen molar-refractivity contribution < 1.29 is 4.79 Å². The fraction of sp³-hybridized carbons (Fsp3) is 0.533. The monoisotopic (exact) mass is 248 g/mol. The zero-order valence-electron chi connectivity index (χ0n) is 12.0. The molecular weight excluding hydrogens is 224 g/mol. The van der Waals surface area contributed by atoms with E-state index in [1.807, 2.05) is 31.3 Å². The summed E-state index contributed by atoms with van der Waals surface area (Å²) >= 11 is 0. The summed E-state index contributed by atoms with van der Waals surface area (Å²) in [5, 5.41) is 3.32. The molecule has 1 N–H and O–H groups in total. The molecule has 1 aromatic carbocycles. The third kappa shape index (κ3) is 3.49. The smallest absolute Gasteiger partial charge is 0.255 e. The van der Waals surface area contributed by atoms with Crippen LogP contribution in [-0.4, -0.2) is 29.9 Å². The molecule has 0 spiro atoms. The second kappa shape index (κ2) is 6.43. The Kier molecular flexibility index (Phi) is 5.20. The zero-order chi connectivity index (χ0) is 13.7. The molecule has 0 saturated heterocycles. The van der Waals surface area contributed by atoms with Gasteiger partial charge in [0.2, 0.25) is 0 Å². The summed E-state index contributed by atoms with van der Waals surface area (Å²) in [6.07, 6.45) is 0.960. The van der Waals surface area contributed by atoms with Crippen molar-refractivity contribution in [3.63, 3.8) is 0 Å². The minimum atomic E-state index is 0.0769. The summed E-state index contributed by atoms with van der Waals surface area (Å²) in [5.74, 6) is 0.0769. The van der Waals surface area contributed by atoms with Crippen LogP contribution >= 0.6 is 0 Å². The lowest BCUT2D eigenvalue weighted by Gasteiger charge is -2.25. The van der Waals surface area contributed by atoms with Crippen LogP contribution in [0.4, 0.5) is 5.69 Å². The van der Waals surface area contributed by atoms with Crippen molar-refractivity contribution in [2.75, 3.05) is 12.4 Å². The third-order valence-electron chi connectivity index (χ3n) is 3.17. The average molecular weight is 248 g/mol. The highest BCUT2D eigenvalue weighted by Crippen LogP contribution is 2.19. The third-order valence-corrected chi connectivity index (χ3v) is 3.17. The molecule has 0 fully saturated rings. The van der Waals surface area contributed by atoms with Gasteiger partial charge in [0.05, 0.1) is 5.56 Å². The Morgan fingerprint density at radius 1 is 1.28 bits per heavy atom. The summed E-state index contributed by atoms with van der Waals surface area (Å²) in [6, 6.07) is 8.26. The van der Waals surface area contributed by atoms with Crippen molar-refractivity contribution in [1.82, 2.24) is 4.90 Å². The Morgan fingerprint density at radius 2 is 1.89 bits per heavy atom.